The molecule has 4 rings (SSSR count). The topological polar surface area (TPSA) is 61.6 Å². The first kappa shape index (κ1) is 23.3. The number of likely N-dealkylation sites (tertiary alicyclic amines) is 2. The highest BCUT2D eigenvalue weighted by molar-refractivity contribution is 6.30. The zero-order valence-electron chi connectivity index (χ0n) is 19.1. The molecule has 0 bridgehead atoms. The van der Waals surface area contributed by atoms with E-state index in [2.05, 4.69) is 22.0 Å². The van der Waals surface area contributed by atoms with Crippen LogP contribution in [-0.2, 0) is 17.8 Å². The molecule has 6 nitrogen and oxygen atoms in total. The highest BCUT2D eigenvalue weighted by Crippen LogP contribution is 2.27. The summed E-state index contributed by atoms with van der Waals surface area (Å²) in [4.78, 5) is 22.2. The van der Waals surface area contributed by atoms with Crippen LogP contribution < -0.4 is 5.32 Å². The van der Waals surface area contributed by atoms with E-state index in [1.165, 1.54) is 25.9 Å². The Morgan fingerprint density at radius 2 is 1.97 bits per heavy atom. The Morgan fingerprint density at radius 1 is 1.19 bits per heavy atom. The lowest BCUT2D eigenvalue weighted by Gasteiger charge is -2.30. The summed E-state index contributed by atoms with van der Waals surface area (Å²) in [6.07, 6.45) is 6.30. The van der Waals surface area contributed by atoms with Gasteiger partial charge in [-0.2, -0.15) is 0 Å². The Bertz CT molecular complexity index is 886. The van der Waals surface area contributed by atoms with Gasteiger partial charge in [-0.25, -0.2) is 4.98 Å². The number of hydrogen-bond acceptors (Lipinski definition) is 5. The number of oxazole rings is 1. The summed E-state index contributed by atoms with van der Waals surface area (Å²) in [5, 5.41) is 3.84. The number of piperidine rings is 1. The van der Waals surface area contributed by atoms with Crippen LogP contribution in [0.3, 0.4) is 0 Å². The molecule has 3 heterocycles. The summed E-state index contributed by atoms with van der Waals surface area (Å²) in [6.45, 7) is 9.01. The lowest BCUT2D eigenvalue weighted by atomic mass is 9.95. The monoisotopic (exact) mass is 458 g/mol. The molecule has 1 aromatic carbocycles. The minimum absolute atomic E-state index is 0.128. The van der Waals surface area contributed by atoms with Crippen LogP contribution in [0, 0.1) is 5.92 Å². The van der Waals surface area contributed by atoms with Crippen LogP contribution in [0.15, 0.2) is 28.7 Å². The third-order valence-electron chi connectivity index (χ3n) is 6.65. The molecule has 2 aliphatic rings. The van der Waals surface area contributed by atoms with Crippen molar-refractivity contribution in [2.45, 2.75) is 52.0 Å². The summed E-state index contributed by atoms with van der Waals surface area (Å²) in [6, 6.07) is 7.61. The fourth-order valence-electron chi connectivity index (χ4n) is 4.76. The van der Waals surface area contributed by atoms with Crippen LogP contribution in [0.1, 0.15) is 50.5 Å². The third kappa shape index (κ3) is 6.12. The molecule has 2 aliphatic heterocycles. The molecule has 2 fully saturated rings. The van der Waals surface area contributed by atoms with E-state index in [9.17, 15) is 4.79 Å². The van der Waals surface area contributed by atoms with E-state index in [-0.39, 0.29) is 11.8 Å². The zero-order chi connectivity index (χ0) is 22.3. The van der Waals surface area contributed by atoms with Crippen LogP contribution in [0.5, 0.6) is 0 Å². The number of carbonyl (C=O) groups is 1. The number of carbonyl (C=O) groups excluding carboxylic acids is 1. The number of halogens is 1. The molecule has 32 heavy (non-hydrogen) atoms. The number of rotatable bonds is 9. The van der Waals surface area contributed by atoms with Crippen molar-refractivity contribution in [2.24, 2.45) is 5.92 Å². The highest BCUT2D eigenvalue weighted by atomic mass is 35.5. The van der Waals surface area contributed by atoms with Crippen molar-refractivity contribution >= 4 is 17.5 Å². The van der Waals surface area contributed by atoms with Gasteiger partial charge in [-0.05, 0) is 83.0 Å². The van der Waals surface area contributed by atoms with Crippen molar-refractivity contribution in [3.63, 3.8) is 0 Å². The van der Waals surface area contributed by atoms with Crippen molar-refractivity contribution in [2.75, 3.05) is 39.3 Å². The van der Waals surface area contributed by atoms with E-state index in [0.717, 1.165) is 75.4 Å². The molecule has 1 N–H and O–H groups in total. The van der Waals surface area contributed by atoms with Gasteiger partial charge in [-0.3, -0.25) is 9.69 Å². The molecular weight excluding hydrogens is 424 g/mol. The van der Waals surface area contributed by atoms with Crippen LogP contribution in [0.25, 0.3) is 11.5 Å². The standard InChI is InChI=1S/C25H35ClN4O2/c1-2-23-22(28-25(32-23)20-7-5-8-21(26)17-20)18-30-15-9-19(10-16-30)24(31)27-11-6-14-29-12-3-4-13-29/h5,7-8,17,19H,2-4,6,9-16,18H2,1H3,(H,27,31). The molecule has 0 unspecified atom stereocenters. The first-order valence-electron chi connectivity index (χ1n) is 12.1. The van der Waals surface area contributed by atoms with E-state index in [0.29, 0.717) is 10.9 Å². The SMILES string of the molecule is CCc1oc(-c2cccc(Cl)c2)nc1CN1CCC(C(=O)NCCCN2CCCC2)CC1. The van der Waals surface area contributed by atoms with Gasteiger partial charge in [0.25, 0.3) is 0 Å². The van der Waals surface area contributed by atoms with Gasteiger partial charge in [0.05, 0.1) is 5.69 Å². The molecule has 2 aromatic rings. The average molecular weight is 459 g/mol. The summed E-state index contributed by atoms with van der Waals surface area (Å²) in [5.74, 6) is 1.91. The van der Waals surface area contributed by atoms with Crippen LogP contribution >= 0.6 is 11.6 Å². The van der Waals surface area contributed by atoms with Crippen LogP contribution in [0.4, 0.5) is 0 Å². The number of nitrogens with zero attached hydrogens (tertiary/aromatic N) is 3. The number of aryl methyl sites for hydroxylation is 1. The number of aromatic nitrogens is 1. The van der Waals surface area contributed by atoms with Gasteiger partial charge >= 0.3 is 0 Å². The minimum atomic E-state index is 0.128. The Kier molecular flexibility index (Phi) is 8.22. The van der Waals surface area contributed by atoms with Crippen molar-refractivity contribution in [3.05, 3.63) is 40.7 Å². The predicted molar refractivity (Wildman–Crippen MR) is 128 cm³/mol. The molecule has 174 valence electrons. The van der Waals surface area contributed by atoms with E-state index < -0.39 is 0 Å². The van der Waals surface area contributed by atoms with E-state index in [1.807, 2.05) is 24.3 Å². The maximum Gasteiger partial charge on any atom is 0.226 e. The largest absolute Gasteiger partial charge is 0.441 e. The van der Waals surface area contributed by atoms with Crippen molar-refractivity contribution in [3.8, 4) is 11.5 Å². The van der Waals surface area contributed by atoms with Gasteiger partial charge in [0, 0.05) is 36.0 Å². The molecule has 2 saturated heterocycles. The normalized spacial score (nSPS) is 18.3. The number of benzene rings is 1. The summed E-state index contributed by atoms with van der Waals surface area (Å²) >= 11 is 6.13. The summed E-state index contributed by atoms with van der Waals surface area (Å²) in [5.41, 5.74) is 1.89. The molecule has 1 aromatic heterocycles. The Morgan fingerprint density at radius 3 is 2.69 bits per heavy atom. The fraction of sp³-hybridized carbons (Fsp3) is 0.600. The fourth-order valence-corrected chi connectivity index (χ4v) is 4.95. The quantitative estimate of drug-likeness (QED) is 0.565. The van der Waals surface area contributed by atoms with E-state index >= 15 is 0 Å². The second-order valence-electron chi connectivity index (χ2n) is 9.00. The average Bonchev–Trinajstić information content (AvgIpc) is 3.47. The van der Waals surface area contributed by atoms with Crippen molar-refractivity contribution < 1.29 is 9.21 Å². The Labute approximate surface area is 196 Å². The smallest absolute Gasteiger partial charge is 0.226 e. The van der Waals surface area contributed by atoms with Gasteiger partial charge in [0.2, 0.25) is 11.8 Å². The van der Waals surface area contributed by atoms with Crippen molar-refractivity contribution in [1.82, 2.24) is 20.1 Å². The van der Waals surface area contributed by atoms with Gasteiger partial charge in [-0.1, -0.05) is 24.6 Å². The maximum atomic E-state index is 12.6. The van der Waals surface area contributed by atoms with Crippen LogP contribution in [0.2, 0.25) is 5.02 Å². The maximum absolute atomic E-state index is 12.6. The summed E-state index contributed by atoms with van der Waals surface area (Å²) < 4.78 is 6.03. The molecule has 0 spiro atoms. The highest BCUT2D eigenvalue weighted by Gasteiger charge is 2.26. The second kappa shape index (κ2) is 11.3. The Balaban J connectivity index is 1.23. The van der Waals surface area contributed by atoms with Gasteiger partial charge in [-0.15, -0.1) is 0 Å². The molecule has 0 aliphatic carbocycles. The minimum Gasteiger partial charge on any atom is -0.441 e. The number of nitrogens with one attached hydrogen (secondary N) is 1. The molecular formula is C25H35ClN4O2. The predicted octanol–water partition coefficient (Wildman–Crippen LogP) is 4.37. The molecule has 0 radical (unpaired) electrons. The van der Waals surface area contributed by atoms with Crippen molar-refractivity contribution in [1.29, 1.82) is 0 Å². The first-order chi connectivity index (χ1) is 15.6. The second-order valence-corrected chi connectivity index (χ2v) is 9.43. The molecule has 1 amide bonds. The number of amides is 1. The number of hydrogen-bond donors (Lipinski definition) is 1. The van der Waals surface area contributed by atoms with Gasteiger partial charge < -0.3 is 14.6 Å². The Hall–Kier alpha value is -1.89. The summed E-state index contributed by atoms with van der Waals surface area (Å²) in [7, 11) is 0. The van der Waals surface area contributed by atoms with Gasteiger partial charge in [0.1, 0.15) is 5.76 Å². The zero-order valence-corrected chi connectivity index (χ0v) is 19.9. The molecule has 7 heteroatoms. The lowest BCUT2D eigenvalue weighted by molar-refractivity contribution is -0.126. The lowest BCUT2D eigenvalue weighted by Crippen LogP contribution is -2.41. The molecule has 0 saturated carbocycles. The first-order valence-corrected chi connectivity index (χ1v) is 12.5. The van der Waals surface area contributed by atoms with Gasteiger partial charge in [0.15, 0.2) is 0 Å². The third-order valence-corrected chi connectivity index (χ3v) is 6.89. The molecule has 0 atom stereocenters. The van der Waals surface area contributed by atoms with Crippen LogP contribution in [-0.4, -0.2) is 60.0 Å². The van der Waals surface area contributed by atoms with E-state index in [1.54, 1.807) is 0 Å². The van der Waals surface area contributed by atoms with E-state index in [4.69, 9.17) is 21.0 Å².